The molecule has 0 spiro atoms. The number of anilines is 1. The minimum atomic E-state index is -0.364. The number of ether oxygens (including phenoxy) is 1. The predicted octanol–water partition coefficient (Wildman–Crippen LogP) is 1.03. The van der Waals surface area contributed by atoms with Gasteiger partial charge in [0.2, 0.25) is 0 Å². The topological polar surface area (TPSA) is 44.7 Å². The van der Waals surface area contributed by atoms with Crippen LogP contribution in [0.3, 0.4) is 0 Å². The molecule has 1 aromatic rings. The van der Waals surface area contributed by atoms with Gasteiger partial charge in [0.05, 0.1) is 13.2 Å². The molecule has 0 amide bonds. The highest BCUT2D eigenvalue weighted by molar-refractivity contribution is 5.46. The Morgan fingerprint density at radius 3 is 2.44 bits per heavy atom. The second-order valence-electron chi connectivity index (χ2n) is 4.03. The van der Waals surface area contributed by atoms with E-state index in [9.17, 15) is 5.11 Å². The summed E-state index contributed by atoms with van der Waals surface area (Å²) in [5.41, 5.74) is 0.985. The van der Waals surface area contributed by atoms with Crippen molar-refractivity contribution in [1.29, 1.82) is 0 Å². The van der Waals surface area contributed by atoms with Crippen LogP contribution in [0, 0.1) is 0 Å². The first-order valence-electron chi connectivity index (χ1n) is 5.32. The van der Waals surface area contributed by atoms with Crippen LogP contribution in [0.4, 0.5) is 5.69 Å². The van der Waals surface area contributed by atoms with Gasteiger partial charge in [-0.2, -0.15) is 0 Å². The number of nitrogens with zero attached hydrogens (tertiary/aromatic N) is 1. The molecule has 0 aliphatic carbocycles. The number of likely N-dealkylation sites (N-methyl/N-ethyl adjacent to an activating group) is 1. The summed E-state index contributed by atoms with van der Waals surface area (Å²) in [7, 11) is 5.52. The molecule has 1 rings (SSSR count). The largest absolute Gasteiger partial charge is 0.497 e. The predicted molar refractivity (Wildman–Crippen MR) is 66.0 cm³/mol. The van der Waals surface area contributed by atoms with Crippen molar-refractivity contribution in [2.24, 2.45) is 0 Å². The lowest BCUT2D eigenvalue weighted by Crippen LogP contribution is -2.31. The zero-order chi connectivity index (χ0) is 12.0. The highest BCUT2D eigenvalue weighted by Gasteiger charge is 2.04. The summed E-state index contributed by atoms with van der Waals surface area (Å²) in [5, 5.41) is 12.8. The molecule has 16 heavy (non-hydrogen) atoms. The zero-order valence-corrected chi connectivity index (χ0v) is 10.1. The Balaban J connectivity index is 2.36. The van der Waals surface area contributed by atoms with Crippen LogP contribution in [0.25, 0.3) is 0 Å². The van der Waals surface area contributed by atoms with Gasteiger partial charge >= 0.3 is 0 Å². The van der Waals surface area contributed by atoms with E-state index in [0.29, 0.717) is 13.1 Å². The lowest BCUT2D eigenvalue weighted by molar-refractivity contribution is 0.148. The molecule has 0 aliphatic heterocycles. The van der Waals surface area contributed by atoms with Crippen LogP contribution < -0.4 is 10.1 Å². The molecule has 0 aliphatic rings. The third-order valence-corrected chi connectivity index (χ3v) is 2.21. The van der Waals surface area contributed by atoms with Crippen molar-refractivity contribution in [1.82, 2.24) is 4.90 Å². The summed E-state index contributed by atoms with van der Waals surface area (Å²) in [6.45, 7) is 1.20. The molecular weight excluding hydrogens is 204 g/mol. The van der Waals surface area contributed by atoms with Gasteiger partial charge in [-0.3, -0.25) is 0 Å². The Kier molecular flexibility index (Phi) is 5.08. The van der Waals surface area contributed by atoms with Gasteiger partial charge in [-0.1, -0.05) is 0 Å². The van der Waals surface area contributed by atoms with E-state index in [2.05, 4.69) is 5.32 Å². The molecule has 0 fully saturated rings. The summed E-state index contributed by atoms with van der Waals surface area (Å²) in [6, 6.07) is 7.64. The minimum Gasteiger partial charge on any atom is -0.497 e. The monoisotopic (exact) mass is 224 g/mol. The van der Waals surface area contributed by atoms with Gasteiger partial charge in [-0.25, -0.2) is 0 Å². The number of nitrogens with one attached hydrogen (secondary N) is 1. The van der Waals surface area contributed by atoms with Crippen molar-refractivity contribution in [3.8, 4) is 5.75 Å². The summed E-state index contributed by atoms with van der Waals surface area (Å²) in [5.74, 6) is 0.833. The van der Waals surface area contributed by atoms with E-state index in [1.807, 2.05) is 43.3 Å². The quantitative estimate of drug-likeness (QED) is 0.757. The van der Waals surface area contributed by atoms with Gasteiger partial charge in [0, 0.05) is 18.8 Å². The Bertz CT molecular complexity index is 298. The number of hydrogen-bond acceptors (Lipinski definition) is 4. The van der Waals surface area contributed by atoms with Gasteiger partial charge in [0.25, 0.3) is 0 Å². The second kappa shape index (κ2) is 6.35. The van der Waals surface area contributed by atoms with Crippen molar-refractivity contribution < 1.29 is 9.84 Å². The number of hydrogen-bond donors (Lipinski definition) is 2. The Labute approximate surface area is 96.8 Å². The summed E-state index contributed by atoms with van der Waals surface area (Å²) in [4.78, 5) is 1.96. The Hall–Kier alpha value is -1.26. The van der Waals surface area contributed by atoms with Crippen molar-refractivity contribution in [2.75, 3.05) is 39.6 Å². The summed E-state index contributed by atoms with van der Waals surface area (Å²) < 4.78 is 5.06. The van der Waals surface area contributed by atoms with Crippen LogP contribution in [0.2, 0.25) is 0 Å². The van der Waals surface area contributed by atoms with Crippen LogP contribution >= 0.6 is 0 Å². The number of rotatable bonds is 6. The van der Waals surface area contributed by atoms with Gasteiger partial charge in [-0.05, 0) is 38.4 Å². The number of methoxy groups -OCH3 is 1. The van der Waals surface area contributed by atoms with Crippen molar-refractivity contribution in [3.05, 3.63) is 24.3 Å². The van der Waals surface area contributed by atoms with Crippen molar-refractivity contribution in [3.63, 3.8) is 0 Å². The highest BCUT2D eigenvalue weighted by Crippen LogP contribution is 2.14. The maximum absolute atomic E-state index is 9.65. The summed E-state index contributed by atoms with van der Waals surface area (Å²) in [6.07, 6.45) is -0.364. The minimum absolute atomic E-state index is 0.364. The smallest absolute Gasteiger partial charge is 0.119 e. The fraction of sp³-hybridized carbons (Fsp3) is 0.500. The van der Waals surface area contributed by atoms with E-state index in [1.165, 1.54) is 0 Å². The molecular formula is C12H20N2O2. The highest BCUT2D eigenvalue weighted by atomic mass is 16.5. The lowest BCUT2D eigenvalue weighted by atomic mass is 10.2. The molecule has 1 unspecified atom stereocenters. The molecule has 2 N–H and O–H groups in total. The molecule has 0 bridgehead atoms. The van der Waals surface area contributed by atoms with Crippen LogP contribution in [-0.2, 0) is 0 Å². The normalized spacial score (nSPS) is 12.6. The second-order valence-corrected chi connectivity index (χ2v) is 4.03. The van der Waals surface area contributed by atoms with Crippen molar-refractivity contribution >= 4 is 5.69 Å². The van der Waals surface area contributed by atoms with Gasteiger partial charge < -0.3 is 20.1 Å². The van der Waals surface area contributed by atoms with Gasteiger partial charge in [-0.15, -0.1) is 0 Å². The van der Waals surface area contributed by atoms with Gasteiger partial charge in [0.15, 0.2) is 0 Å². The molecule has 0 heterocycles. The first-order chi connectivity index (χ1) is 7.61. The average molecular weight is 224 g/mol. The summed E-state index contributed by atoms with van der Waals surface area (Å²) >= 11 is 0. The fourth-order valence-electron chi connectivity index (χ4n) is 1.43. The van der Waals surface area contributed by atoms with Crippen LogP contribution in [0.5, 0.6) is 5.75 Å². The molecule has 0 saturated heterocycles. The van der Waals surface area contributed by atoms with Crippen LogP contribution in [-0.4, -0.2) is 50.4 Å². The third-order valence-electron chi connectivity index (χ3n) is 2.21. The molecule has 4 heteroatoms. The van der Waals surface area contributed by atoms with Crippen molar-refractivity contribution in [2.45, 2.75) is 6.10 Å². The first kappa shape index (κ1) is 12.8. The Morgan fingerprint density at radius 2 is 1.94 bits per heavy atom. The fourth-order valence-corrected chi connectivity index (χ4v) is 1.43. The molecule has 90 valence electrons. The standard InChI is InChI=1S/C12H20N2O2/c1-14(2)9-11(15)8-13-10-4-6-12(16-3)7-5-10/h4-7,11,13,15H,8-9H2,1-3H3. The number of aliphatic hydroxyl groups excluding tert-OH is 1. The van der Waals surface area contributed by atoms with E-state index < -0.39 is 0 Å². The molecule has 1 atom stereocenters. The maximum Gasteiger partial charge on any atom is 0.119 e. The number of benzene rings is 1. The van der Waals surface area contributed by atoms with Crippen LogP contribution in [0.15, 0.2) is 24.3 Å². The SMILES string of the molecule is COc1ccc(NCC(O)CN(C)C)cc1. The third kappa shape index (κ3) is 4.51. The van der Waals surface area contributed by atoms with E-state index in [0.717, 1.165) is 11.4 Å². The van der Waals surface area contributed by atoms with E-state index >= 15 is 0 Å². The van der Waals surface area contributed by atoms with Crippen LogP contribution in [0.1, 0.15) is 0 Å². The first-order valence-corrected chi connectivity index (χ1v) is 5.32. The lowest BCUT2D eigenvalue weighted by Gasteiger charge is -2.17. The van der Waals surface area contributed by atoms with E-state index in [4.69, 9.17) is 4.74 Å². The molecule has 1 aromatic carbocycles. The molecule has 4 nitrogen and oxygen atoms in total. The Morgan fingerprint density at radius 1 is 1.31 bits per heavy atom. The van der Waals surface area contributed by atoms with E-state index in [1.54, 1.807) is 7.11 Å². The number of aliphatic hydroxyl groups is 1. The molecule has 0 aromatic heterocycles. The van der Waals surface area contributed by atoms with Gasteiger partial charge in [0.1, 0.15) is 5.75 Å². The zero-order valence-electron chi connectivity index (χ0n) is 10.1. The average Bonchev–Trinajstić information content (AvgIpc) is 2.26. The molecule has 0 saturated carbocycles. The van der Waals surface area contributed by atoms with E-state index in [-0.39, 0.29) is 6.10 Å². The molecule has 0 radical (unpaired) electrons. The maximum atomic E-state index is 9.65.